The minimum atomic E-state index is -0.395. The SMILES string of the molecule is CC(C)C(C)NC(=NCc1ccc([N+](=O)[O-])cc1)NCC1CCCO1.I. The van der Waals surface area contributed by atoms with Gasteiger partial charge < -0.3 is 15.4 Å². The van der Waals surface area contributed by atoms with Gasteiger partial charge in [-0.3, -0.25) is 10.1 Å². The van der Waals surface area contributed by atoms with Crippen molar-refractivity contribution in [3.8, 4) is 0 Å². The number of guanidine groups is 1. The van der Waals surface area contributed by atoms with Gasteiger partial charge in [-0.1, -0.05) is 26.0 Å². The molecule has 8 heteroatoms. The molecule has 1 saturated heterocycles. The number of ether oxygens (including phenoxy) is 1. The molecule has 1 fully saturated rings. The van der Waals surface area contributed by atoms with Crippen LogP contribution in [0.1, 0.15) is 39.2 Å². The first-order valence-corrected chi connectivity index (χ1v) is 8.85. The molecule has 26 heavy (non-hydrogen) atoms. The normalized spacial score (nSPS) is 18.3. The fourth-order valence-electron chi connectivity index (χ4n) is 2.44. The van der Waals surface area contributed by atoms with Gasteiger partial charge in [-0.05, 0) is 31.2 Å². The number of nitro benzene ring substituents is 1. The Morgan fingerprint density at radius 3 is 2.58 bits per heavy atom. The van der Waals surface area contributed by atoms with Crippen molar-refractivity contribution in [1.82, 2.24) is 10.6 Å². The van der Waals surface area contributed by atoms with E-state index in [4.69, 9.17) is 4.74 Å². The zero-order chi connectivity index (χ0) is 18.2. The number of hydrogen-bond donors (Lipinski definition) is 2. The van der Waals surface area contributed by atoms with Gasteiger partial charge in [-0.25, -0.2) is 4.99 Å². The molecule has 2 unspecified atom stereocenters. The summed E-state index contributed by atoms with van der Waals surface area (Å²) >= 11 is 0. The number of rotatable bonds is 7. The molecule has 2 rings (SSSR count). The Kier molecular flexibility index (Phi) is 9.85. The number of nitrogens with one attached hydrogen (secondary N) is 2. The maximum atomic E-state index is 10.7. The van der Waals surface area contributed by atoms with E-state index in [1.807, 2.05) is 0 Å². The molecule has 146 valence electrons. The number of nitro groups is 1. The van der Waals surface area contributed by atoms with Gasteiger partial charge in [0.2, 0.25) is 0 Å². The number of non-ortho nitro benzene ring substituents is 1. The van der Waals surface area contributed by atoms with Crippen molar-refractivity contribution < 1.29 is 9.66 Å². The zero-order valence-electron chi connectivity index (χ0n) is 15.6. The van der Waals surface area contributed by atoms with Crippen molar-refractivity contribution in [3.05, 3.63) is 39.9 Å². The molecule has 1 heterocycles. The third-order valence-electron chi connectivity index (χ3n) is 4.45. The van der Waals surface area contributed by atoms with Crippen LogP contribution in [0.15, 0.2) is 29.3 Å². The van der Waals surface area contributed by atoms with Crippen LogP contribution in [-0.2, 0) is 11.3 Å². The minimum absolute atomic E-state index is 0. The number of halogens is 1. The summed E-state index contributed by atoms with van der Waals surface area (Å²) in [4.78, 5) is 14.9. The van der Waals surface area contributed by atoms with Crippen LogP contribution in [-0.4, -0.2) is 36.2 Å². The van der Waals surface area contributed by atoms with Crippen LogP contribution in [0.3, 0.4) is 0 Å². The molecule has 0 bridgehead atoms. The van der Waals surface area contributed by atoms with Crippen molar-refractivity contribution in [3.63, 3.8) is 0 Å². The van der Waals surface area contributed by atoms with E-state index in [0.29, 0.717) is 12.5 Å². The molecule has 1 aromatic carbocycles. The maximum absolute atomic E-state index is 10.7. The lowest BCUT2D eigenvalue weighted by molar-refractivity contribution is -0.384. The first-order valence-electron chi connectivity index (χ1n) is 8.85. The topological polar surface area (TPSA) is 88.8 Å². The van der Waals surface area contributed by atoms with Gasteiger partial charge in [0, 0.05) is 31.3 Å². The van der Waals surface area contributed by atoms with Gasteiger partial charge in [0.05, 0.1) is 17.6 Å². The van der Waals surface area contributed by atoms with E-state index in [-0.39, 0.29) is 41.8 Å². The summed E-state index contributed by atoms with van der Waals surface area (Å²) in [6, 6.07) is 6.78. The van der Waals surface area contributed by atoms with Gasteiger partial charge in [-0.2, -0.15) is 0 Å². The van der Waals surface area contributed by atoms with Crippen LogP contribution in [0.5, 0.6) is 0 Å². The molecule has 0 radical (unpaired) electrons. The van der Waals surface area contributed by atoms with E-state index in [1.165, 1.54) is 12.1 Å². The summed E-state index contributed by atoms with van der Waals surface area (Å²) in [6.45, 7) is 8.47. The van der Waals surface area contributed by atoms with Gasteiger partial charge >= 0.3 is 0 Å². The van der Waals surface area contributed by atoms with Gasteiger partial charge in [-0.15, -0.1) is 24.0 Å². The predicted octanol–water partition coefficient (Wildman–Crippen LogP) is 3.47. The second-order valence-corrected chi connectivity index (χ2v) is 6.78. The average Bonchev–Trinajstić information content (AvgIpc) is 3.10. The molecule has 0 amide bonds. The Morgan fingerprint density at radius 1 is 1.35 bits per heavy atom. The summed E-state index contributed by atoms with van der Waals surface area (Å²) in [7, 11) is 0. The molecular formula is C18H29IN4O3. The molecule has 0 aliphatic carbocycles. The second kappa shape index (κ2) is 11.3. The molecule has 0 aromatic heterocycles. The Hall–Kier alpha value is -1.42. The quantitative estimate of drug-likeness (QED) is 0.207. The van der Waals surface area contributed by atoms with Crippen molar-refractivity contribution in [2.24, 2.45) is 10.9 Å². The van der Waals surface area contributed by atoms with Gasteiger partial charge in [0.15, 0.2) is 5.96 Å². The Morgan fingerprint density at radius 2 is 2.04 bits per heavy atom. The second-order valence-electron chi connectivity index (χ2n) is 6.78. The van der Waals surface area contributed by atoms with E-state index in [0.717, 1.165) is 37.5 Å². The Balaban J connectivity index is 0.00000338. The molecule has 2 atom stereocenters. The standard InChI is InChI=1S/C18H28N4O3.HI/c1-13(2)14(3)21-18(20-12-17-5-4-10-25-17)19-11-15-6-8-16(9-7-15)22(23)24;/h6-9,13-14,17H,4-5,10-12H2,1-3H3,(H2,19,20,21);1H. The average molecular weight is 476 g/mol. The minimum Gasteiger partial charge on any atom is -0.376 e. The molecular weight excluding hydrogens is 447 g/mol. The van der Waals surface area contributed by atoms with Crippen LogP contribution < -0.4 is 10.6 Å². The summed E-state index contributed by atoms with van der Waals surface area (Å²) in [5.41, 5.74) is 1.03. The van der Waals surface area contributed by atoms with Crippen molar-refractivity contribution in [2.45, 2.75) is 52.3 Å². The monoisotopic (exact) mass is 476 g/mol. The molecule has 1 aliphatic heterocycles. The summed E-state index contributed by atoms with van der Waals surface area (Å²) in [5.74, 6) is 1.23. The lowest BCUT2D eigenvalue weighted by atomic mass is 10.1. The predicted molar refractivity (Wildman–Crippen MR) is 114 cm³/mol. The summed E-state index contributed by atoms with van der Waals surface area (Å²) in [5, 5.41) is 17.5. The van der Waals surface area contributed by atoms with Gasteiger partial charge in [0.25, 0.3) is 5.69 Å². The lowest BCUT2D eigenvalue weighted by Crippen LogP contribution is -2.46. The van der Waals surface area contributed by atoms with Crippen LogP contribution >= 0.6 is 24.0 Å². The van der Waals surface area contributed by atoms with E-state index in [9.17, 15) is 10.1 Å². The van der Waals surface area contributed by atoms with Crippen molar-refractivity contribution in [2.75, 3.05) is 13.2 Å². The van der Waals surface area contributed by atoms with Crippen LogP contribution in [0.4, 0.5) is 5.69 Å². The molecule has 0 saturated carbocycles. The number of benzene rings is 1. The largest absolute Gasteiger partial charge is 0.376 e. The lowest BCUT2D eigenvalue weighted by Gasteiger charge is -2.22. The summed E-state index contributed by atoms with van der Waals surface area (Å²) in [6.07, 6.45) is 2.42. The van der Waals surface area contributed by atoms with E-state index >= 15 is 0 Å². The number of aliphatic imine (C=N–C) groups is 1. The van der Waals surface area contributed by atoms with Crippen molar-refractivity contribution in [1.29, 1.82) is 0 Å². The highest BCUT2D eigenvalue weighted by Gasteiger charge is 2.16. The Labute approximate surface area is 172 Å². The fourth-order valence-corrected chi connectivity index (χ4v) is 2.44. The zero-order valence-corrected chi connectivity index (χ0v) is 17.9. The van der Waals surface area contributed by atoms with E-state index in [2.05, 4.69) is 36.4 Å². The fraction of sp³-hybridized carbons (Fsp3) is 0.611. The molecule has 7 nitrogen and oxygen atoms in total. The van der Waals surface area contributed by atoms with Crippen molar-refractivity contribution >= 4 is 35.6 Å². The van der Waals surface area contributed by atoms with E-state index in [1.54, 1.807) is 12.1 Å². The first-order chi connectivity index (χ1) is 12.0. The highest BCUT2D eigenvalue weighted by atomic mass is 127. The number of hydrogen-bond acceptors (Lipinski definition) is 4. The molecule has 1 aromatic rings. The molecule has 1 aliphatic rings. The Bertz CT molecular complexity index is 587. The molecule has 0 spiro atoms. The summed E-state index contributed by atoms with van der Waals surface area (Å²) < 4.78 is 5.65. The third-order valence-corrected chi connectivity index (χ3v) is 4.45. The maximum Gasteiger partial charge on any atom is 0.269 e. The third kappa shape index (κ3) is 7.45. The van der Waals surface area contributed by atoms with Crippen LogP contribution in [0.2, 0.25) is 0 Å². The highest BCUT2D eigenvalue weighted by Crippen LogP contribution is 2.13. The number of nitrogens with zero attached hydrogens (tertiary/aromatic N) is 2. The van der Waals surface area contributed by atoms with Crippen LogP contribution in [0.25, 0.3) is 0 Å². The first kappa shape index (κ1) is 22.6. The van der Waals surface area contributed by atoms with E-state index < -0.39 is 4.92 Å². The molecule has 2 N–H and O–H groups in total. The smallest absolute Gasteiger partial charge is 0.269 e. The van der Waals surface area contributed by atoms with Crippen LogP contribution in [0, 0.1) is 16.0 Å². The highest BCUT2D eigenvalue weighted by molar-refractivity contribution is 14.0. The van der Waals surface area contributed by atoms with Gasteiger partial charge in [0.1, 0.15) is 0 Å².